The van der Waals surface area contributed by atoms with Gasteiger partial charge in [-0.1, -0.05) is 18.2 Å². The van der Waals surface area contributed by atoms with Crippen molar-refractivity contribution >= 4 is 22.7 Å². The lowest BCUT2D eigenvalue weighted by molar-refractivity contribution is 0.0470. The normalized spacial score (nSPS) is 13.2. The summed E-state index contributed by atoms with van der Waals surface area (Å²) in [6.45, 7) is 0.737. The molecule has 2 heterocycles. The van der Waals surface area contributed by atoms with E-state index < -0.39 is 5.97 Å². The van der Waals surface area contributed by atoms with Gasteiger partial charge in [-0.15, -0.1) is 0 Å². The quantitative estimate of drug-likeness (QED) is 0.573. The summed E-state index contributed by atoms with van der Waals surface area (Å²) < 4.78 is 16.2. The predicted molar refractivity (Wildman–Crippen MR) is 92.8 cm³/mol. The van der Waals surface area contributed by atoms with Crippen LogP contribution < -0.4 is 9.47 Å². The van der Waals surface area contributed by atoms with Gasteiger partial charge in [0.1, 0.15) is 0 Å². The van der Waals surface area contributed by atoms with E-state index in [1.807, 2.05) is 12.1 Å². The maximum Gasteiger partial charge on any atom is 0.359 e. The van der Waals surface area contributed by atoms with Crippen LogP contribution in [-0.4, -0.2) is 41.8 Å². The summed E-state index contributed by atoms with van der Waals surface area (Å²) in [6, 6.07) is 12.1. The summed E-state index contributed by atoms with van der Waals surface area (Å²) in [6.07, 6.45) is 0.785. The number of carbonyl (C=O) groups excluding carboxylic acids is 2. The molecule has 0 atom stereocenters. The molecule has 3 aromatic rings. The number of aromatic nitrogens is 2. The number of rotatable bonds is 4. The Morgan fingerprint density at radius 1 is 1.08 bits per heavy atom. The molecule has 132 valence electrons. The molecule has 1 aromatic heterocycles. The molecular formula is C19H16N2O5. The SMILES string of the molecule is O=C(COC(=O)c1n[nH]c2ccccc12)c1ccc2c(c1)OCCCO2. The summed E-state index contributed by atoms with van der Waals surface area (Å²) in [5, 5.41) is 7.38. The lowest BCUT2D eigenvalue weighted by atomic mass is 10.1. The van der Waals surface area contributed by atoms with Crippen molar-refractivity contribution in [2.45, 2.75) is 6.42 Å². The van der Waals surface area contributed by atoms with E-state index in [1.54, 1.807) is 30.3 Å². The van der Waals surface area contributed by atoms with Crippen molar-refractivity contribution in [3.05, 3.63) is 53.7 Å². The smallest absolute Gasteiger partial charge is 0.359 e. The van der Waals surface area contributed by atoms with Gasteiger partial charge in [0.15, 0.2) is 29.6 Å². The number of ether oxygens (including phenoxy) is 3. The van der Waals surface area contributed by atoms with E-state index in [4.69, 9.17) is 14.2 Å². The lowest BCUT2D eigenvalue weighted by Gasteiger charge is -2.09. The van der Waals surface area contributed by atoms with Crippen LogP contribution in [0.3, 0.4) is 0 Å². The molecule has 0 spiro atoms. The van der Waals surface area contributed by atoms with Crippen LogP contribution in [0.2, 0.25) is 0 Å². The molecule has 0 saturated heterocycles. The van der Waals surface area contributed by atoms with Gasteiger partial charge < -0.3 is 14.2 Å². The largest absolute Gasteiger partial charge is 0.490 e. The number of aromatic amines is 1. The van der Waals surface area contributed by atoms with Crippen molar-refractivity contribution in [2.75, 3.05) is 19.8 Å². The number of carbonyl (C=O) groups is 2. The number of esters is 1. The van der Waals surface area contributed by atoms with Crippen molar-refractivity contribution in [2.24, 2.45) is 0 Å². The first kappa shape index (κ1) is 16.1. The molecule has 1 aliphatic rings. The van der Waals surface area contributed by atoms with E-state index in [2.05, 4.69) is 10.2 Å². The summed E-state index contributed by atoms with van der Waals surface area (Å²) in [5.74, 6) is 0.163. The second kappa shape index (κ2) is 6.87. The van der Waals surface area contributed by atoms with Crippen LogP contribution in [0, 0.1) is 0 Å². The molecule has 0 fully saturated rings. The highest BCUT2D eigenvalue weighted by Crippen LogP contribution is 2.30. The first-order valence-corrected chi connectivity index (χ1v) is 8.25. The molecule has 0 saturated carbocycles. The average molecular weight is 352 g/mol. The third-order valence-electron chi connectivity index (χ3n) is 4.07. The Morgan fingerprint density at radius 2 is 1.88 bits per heavy atom. The number of ketones is 1. The maximum absolute atomic E-state index is 12.4. The second-order valence-corrected chi connectivity index (χ2v) is 5.83. The van der Waals surface area contributed by atoms with Crippen LogP contribution in [0.5, 0.6) is 11.5 Å². The zero-order valence-electron chi connectivity index (χ0n) is 13.9. The van der Waals surface area contributed by atoms with Gasteiger partial charge in [-0.05, 0) is 24.3 Å². The van der Waals surface area contributed by atoms with Gasteiger partial charge in [0, 0.05) is 17.4 Å². The molecule has 0 radical (unpaired) electrons. The number of Topliss-reactive ketones (excluding diaryl/α,β-unsaturated/α-hetero) is 1. The van der Waals surface area contributed by atoms with Crippen LogP contribution >= 0.6 is 0 Å². The Bertz CT molecular complexity index is 979. The Kier molecular flexibility index (Phi) is 4.27. The van der Waals surface area contributed by atoms with Gasteiger partial charge in [0.25, 0.3) is 0 Å². The standard InChI is InChI=1S/C19H16N2O5/c22-15(12-6-7-16-17(10-12)25-9-3-8-24-16)11-26-19(23)18-13-4-1-2-5-14(13)20-21-18/h1-2,4-7,10H,3,8-9,11H2,(H,20,21). The van der Waals surface area contributed by atoms with Gasteiger partial charge in [-0.2, -0.15) is 5.10 Å². The molecule has 0 amide bonds. The Morgan fingerprint density at radius 3 is 2.77 bits per heavy atom. The number of hydrogen-bond donors (Lipinski definition) is 1. The molecule has 0 bridgehead atoms. The van der Waals surface area contributed by atoms with Gasteiger partial charge >= 0.3 is 5.97 Å². The molecule has 7 heteroatoms. The summed E-state index contributed by atoms with van der Waals surface area (Å²) in [7, 11) is 0. The van der Waals surface area contributed by atoms with Gasteiger partial charge in [-0.25, -0.2) is 4.79 Å². The maximum atomic E-state index is 12.4. The molecule has 0 unspecified atom stereocenters. The minimum Gasteiger partial charge on any atom is -0.490 e. The van der Waals surface area contributed by atoms with Gasteiger partial charge in [0.05, 0.1) is 18.7 Å². The highest BCUT2D eigenvalue weighted by molar-refractivity contribution is 6.04. The van der Waals surface area contributed by atoms with E-state index >= 15 is 0 Å². The predicted octanol–water partition coefficient (Wildman–Crippen LogP) is 2.76. The lowest BCUT2D eigenvalue weighted by Crippen LogP contribution is -2.15. The van der Waals surface area contributed by atoms with Crippen molar-refractivity contribution in [1.82, 2.24) is 10.2 Å². The van der Waals surface area contributed by atoms with Crippen LogP contribution in [0.4, 0.5) is 0 Å². The number of H-pyrrole nitrogens is 1. The molecule has 2 aromatic carbocycles. The highest BCUT2D eigenvalue weighted by atomic mass is 16.5. The van der Waals surface area contributed by atoms with Crippen molar-refractivity contribution < 1.29 is 23.8 Å². The molecular weight excluding hydrogens is 336 g/mol. The topological polar surface area (TPSA) is 90.5 Å². The molecule has 4 rings (SSSR count). The first-order valence-electron chi connectivity index (χ1n) is 8.25. The minimum absolute atomic E-state index is 0.159. The molecule has 0 aliphatic carbocycles. The fourth-order valence-electron chi connectivity index (χ4n) is 2.74. The van der Waals surface area contributed by atoms with Crippen molar-refractivity contribution in [3.63, 3.8) is 0 Å². The zero-order chi connectivity index (χ0) is 17.9. The van der Waals surface area contributed by atoms with Crippen LogP contribution in [0.25, 0.3) is 10.9 Å². The van der Waals surface area contributed by atoms with Crippen LogP contribution in [-0.2, 0) is 4.74 Å². The molecule has 1 aliphatic heterocycles. The first-order chi connectivity index (χ1) is 12.7. The fourth-order valence-corrected chi connectivity index (χ4v) is 2.74. The number of nitrogens with zero attached hydrogens (tertiary/aromatic N) is 1. The molecule has 7 nitrogen and oxygen atoms in total. The summed E-state index contributed by atoms with van der Waals surface area (Å²) >= 11 is 0. The number of fused-ring (bicyclic) bond motifs is 2. The van der Waals surface area contributed by atoms with E-state index in [0.717, 1.165) is 11.9 Å². The number of nitrogens with one attached hydrogen (secondary N) is 1. The van der Waals surface area contributed by atoms with Crippen LogP contribution in [0.1, 0.15) is 27.3 Å². The average Bonchev–Trinajstić information content (AvgIpc) is 2.96. The summed E-state index contributed by atoms with van der Waals surface area (Å²) in [4.78, 5) is 24.6. The van der Waals surface area contributed by atoms with Crippen molar-refractivity contribution in [1.29, 1.82) is 0 Å². The van der Waals surface area contributed by atoms with E-state index in [0.29, 0.717) is 35.7 Å². The highest BCUT2D eigenvalue weighted by Gasteiger charge is 2.19. The fraction of sp³-hybridized carbons (Fsp3) is 0.211. The molecule has 26 heavy (non-hydrogen) atoms. The monoisotopic (exact) mass is 352 g/mol. The van der Waals surface area contributed by atoms with Gasteiger partial charge in [0.2, 0.25) is 0 Å². The Balaban J connectivity index is 1.45. The number of benzene rings is 2. The molecule has 1 N–H and O–H groups in total. The van der Waals surface area contributed by atoms with Gasteiger partial charge in [-0.3, -0.25) is 9.89 Å². The zero-order valence-corrected chi connectivity index (χ0v) is 13.9. The Hall–Kier alpha value is -3.35. The van der Waals surface area contributed by atoms with Crippen LogP contribution in [0.15, 0.2) is 42.5 Å². The van der Waals surface area contributed by atoms with E-state index in [9.17, 15) is 9.59 Å². The van der Waals surface area contributed by atoms with Crippen molar-refractivity contribution in [3.8, 4) is 11.5 Å². The third kappa shape index (κ3) is 3.11. The Labute approximate surface area is 148 Å². The van der Waals surface area contributed by atoms with E-state index in [1.165, 1.54) is 0 Å². The third-order valence-corrected chi connectivity index (χ3v) is 4.07. The number of para-hydroxylation sites is 1. The van der Waals surface area contributed by atoms with E-state index in [-0.39, 0.29) is 18.1 Å². The second-order valence-electron chi connectivity index (χ2n) is 5.83. The minimum atomic E-state index is -0.648. The summed E-state index contributed by atoms with van der Waals surface area (Å²) in [5.41, 5.74) is 1.29. The number of hydrogen-bond acceptors (Lipinski definition) is 6.